The van der Waals surface area contributed by atoms with E-state index in [-0.39, 0.29) is 0 Å². The van der Waals surface area contributed by atoms with Gasteiger partial charge in [0.25, 0.3) is 0 Å². The molecule has 2 aromatic heterocycles. The number of nitrogens with zero attached hydrogens (tertiary/aromatic N) is 2. The van der Waals surface area contributed by atoms with E-state index in [1.54, 1.807) is 6.20 Å². The maximum Gasteiger partial charge on any atom is 0.200 e. The van der Waals surface area contributed by atoms with Crippen molar-refractivity contribution in [1.82, 2.24) is 10.1 Å². The number of aromatic nitrogens is 2. The molecule has 3 aromatic rings. The lowest BCUT2D eigenvalue weighted by molar-refractivity contribution is 0.460. The van der Waals surface area contributed by atoms with E-state index in [2.05, 4.69) is 41.4 Å². The van der Waals surface area contributed by atoms with Crippen LogP contribution >= 0.6 is 0 Å². The number of pyridine rings is 1. The second kappa shape index (κ2) is 4.14. The molecule has 4 heteroatoms. The van der Waals surface area contributed by atoms with E-state index < -0.39 is 0 Å². The molecule has 0 unspecified atom stereocenters. The summed E-state index contributed by atoms with van der Waals surface area (Å²) in [5, 5.41) is 7.22. The second-order valence-corrected chi connectivity index (χ2v) is 4.31. The van der Waals surface area contributed by atoms with Crippen LogP contribution in [0, 0.1) is 13.8 Å². The van der Waals surface area contributed by atoms with Gasteiger partial charge in [-0.25, -0.2) is 4.98 Å². The number of rotatable bonds is 2. The standard InChI is InChI=1S/C14H13N3O/c1-9-5-6-11(8-10(9)2)16-14-13-12(18-17-14)4-3-7-15-13/h3-8H,1-2H3,(H,16,17). The molecule has 0 atom stereocenters. The minimum Gasteiger partial charge on any atom is -0.352 e. The topological polar surface area (TPSA) is 51.0 Å². The lowest BCUT2D eigenvalue weighted by atomic mass is 10.1. The van der Waals surface area contributed by atoms with Crippen LogP contribution in [0.3, 0.4) is 0 Å². The summed E-state index contributed by atoms with van der Waals surface area (Å²) in [7, 11) is 0. The van der Waals surface area contributed by atoms with Crippen molar-refractivity contribution < 1.29 is 4.52 Å². The molecule has 0 radical (unpaired) electrons. The molecule has 1 aromatic carbocycles. The molecular weight excluding hydrogens is 226 g/mol. The third kappa shape index (κ3) is 1.82. The van der Waals surface area contributed by atoms with Crippen molar-refractivity contribution in [2.45, 2.75) is 13.8 Å². The van der Waals surface area contributed by atoms with Gasteiger partial charge in [0.1, 0.15) is 0 Å². The first kappa shape index (κ1) is 10.8. The number of benzene rings is 1. The van der Waals surface area contributed by atoms with E-state index in [4.69, 9.17) is 4.52 Å². The zero-order chi connectivity index (χ0) is 12.5. The molecule has 3 rings (SSSR count). The Labute approximate surface area is 105 Å². The molecule has 4 nitrogen and oxygen atoms in total. The molecule has 0 bridgehead atoms. The van der Waals surface area contributed by atoms with E-state index in [1.165, 1.54) is 11.1 Å². The number of fused-ring (bicyclic) bond motifs is 1. The monoisotopic (exact) mass is 239 g/mol. The third-order valence-corrected chi connectivity index (χ3v) is 3.00. The number of hydrogen-bond donors (Lipinski definition) is 1. The second-order valence-electron chi connectivity index (χ2n) is 4.31. The van der Waals surface area contributed by atoms with Crippen molar-refractivity contribution in [3.05, 3.63) is 47.7 Å². The van der Waals surface area contributed by atoms with Gasteiger partial charge in [-0.3, -0.25) is 0 Å². The molecule has 2 heterocycles. The molecule has 90 valence electrons. The van der Waals surface area contributed by atoms with Crippen LogP contribution in [-0.2, 0) is 0 Å². The Bertz CT molecular complexity index is 703. The predicted molar refractivity (Wildman–Crippen MR) is 71.0 cm³/mol. The van der Waals surface area contributed by atoms with Crippen LogP contribution in [0.1, 0.15) is 11.1 Å². The smallest absolute Gasteiger partial charge is 0.200 e. The van der Waals surface area contributed by atoms with Gasteiger partial charge >= 0.3 is 0 Å². The Morgan fingerprint density at radius 3 is 2.83 bits per heavy atom. The third-order valence-electron chi connectivity index (χ3n) is 3.00. The Hall–Kier alpha value is -2.36. The summed E-state index contributed by atoms with van der Waals surface area (Å²) < 4.78 is 5.20. The van der Waals surface area contributed by atoms with Gasteiger partial charge in [-0.2, -0.15) is 0 Å². The zero-order valence-corrected chi connectivity index (χ0v) is 10.3. The summed E-state index contributed by atoms with van der Waals surface area (Å²) in [6.45, 7) is 4.17. The fourth-order valence-corrected chi connectivity index (χ4v) is 1.82. The van der Waals surface area contributed by atoms with Crippen LogP contribution < -0.4 is 5.32 Å². The highest BCUT2D eigenvalue weighted by atomic mass is 16.5. The number of nitrogens with one attached hydrogen (secondary N) is 1. The van der Waals surface area contributed by atoms with Gasteiger partial charge in [-0.15, -0.1) is 0 Å². The lowest BCUT2D eigenvalue weighted by Crippen LogP contribution is -1.93. The first-order valence-electron chi connectivity index (χ1n) is 5.79. The summed E-state index contributed by atoms with van der Waals surface area (Å²) in [6, 6.07) is 9.85. The Balaban J connectivity index is 1.98. The van der Waals surface area contributed by atoms with Gasteiger partial charge < -0.3 is 9.84 Å². The van der Waals surface area contributed by atoms with E-state index in [0.717, 1.165) is 11.2 Å². The van der Waals surface area contributed by atoms with Crippen molar-refractivity contribution in [3.8, 4) is 0 Å². The van der Waals surface area contributed by atoms with Gasteiger partial charge in [-0.1, -0.05) is 11.2 Å². The summed E-state index contributed by atoms with van der Waals surface area (Å²) in [5.74, 6) is 0.647. The van der Waals surface area contributed by atoms with Crippen molar-refractivity contribution in [3.63, 3.8) is 0 Å². The summed E-state index contributed by atoms with van der Waals surface area (Å²) in [6.07, 6.45) is 1.73. The van der Waals surface area contributed by atoms with Gasteiger partial charge in [0.05, 0.1) is 0 Å². The Kier molecular flexibility index (Phi) is 2.48. The molecule has 1 N–H and O–H groups in total. The van der Waals surface area contributed by atoms with Gasteiger partial charge in [0.2, 0.25) is 0 Å². The van der Waals surface area contributed by atoms with E-state index in [9.17, 15) is 0 Å². The van der Waals surface area contributed by atoms with Crippen molar-refractivity contribution >= 4 is 22.6 Å². The van der Waals surface area contributed by atoms with Crippen molar-refractivity contribution in [2.75, 3.05) is 5.32 Å². The first-order valence-corrected chi connectivity index (χ1v) is 5.79. The minimum absolute atomic E-state index is 0.647. The van der Waals surface area contributed by atoms with Crippen LogP contribution in [0.2, 0.25) is 0 Å². The van der Waals surface area contributed by atoms with E-state index in [1.807, 2.05) is 18.2 Å². The average Bonchev–Trinajstić information content (AvgIpc) is 2.78. The molecule has 18 heavy (non-hydrogen) atoms. The summed E-state index contributed by atoms with van der Waals surface area (Å²) in [4.78, 5) is 4.26. The fourth-order valence-electron chi connectivity index (χ4n) is 1.82. The molecule has 0 aliphatic heterocycles. The molecular formula is C14H13N3O. The highest BCUT2D eigenvalue weighted by molar-refractivity contribution is 5.85. The normalized spacial score (nSPS) is 10.8. The molecule has 0 aliphatic rings. The molecule has 0 saturated carbocycles. The predicted octanol–water partition coefficient (Wildman–Crippen LogP) is 3.58. The van der Waals surface area contributed by atoms with E-state index >= 15 is 0 Å². The molecule has 0 amide bonds. The van der Waals surface area contributed by atoms with Crippen LogP contribution in [0.5, 0.6) is 0 Å². The van der Waals surface area contributed by atoms with Gasteiger partial charge in [0, 0.05) is 11.9 Å². The number of aryl methyl sites for hydroxylation is 2. The Morgan fingerprint density at radius 2 is 2.00 bits per heavy atom. The molecule has 0 spiro atoms. The van der Waals surface area contributed by atoms with Crippen LogP contribution in [0.15, 0.2) is 41.1 Å². The highest BCUT2D eigenvalue weighted by Crippen LogP contribution is 2.24. The number of hydrogen-bond acceptors (Lipinski definition) is 4. The largest absolute Gasteiger partial charge is 0.352 e. The van der Waals surface area contributed by atoms with E-state index in [0.29, 0.717) is 11.4 Å². The maximum atomic E-state index is 5.20. The van der Waals surface area contributed by atoms with Crippen LogP contribution in [0.25, 0.3) is 11.1 Å². The van der Waals surface area contributed by atoms with Crippen molar-refractivity contribution in [1.29, 1.82) is 0 Å². The van der Waals surface area contributed by atoms with Crippen LogP contribution in [-0.4, -0.2) is 10.1 Å². The maximum absolute atomic E-state index is 5.20. The lowest BCUT2D eigenvalue weighted by Gasteiger charge is -2.05. The fraction of sp³-hybridized carbons (Fsp3) is 0.143. The molecule has 0 fully saturated rings. The first-order chi connectivity index (χ1) is 8.74. The van der Waals surface area contributed by atoms with Gasteiger partial charge in [-0.05, 0) is 49.2 Å². The van der Waals surface area contributed by atoms with Crippen molar-refractivity contribution in [2.24, 2.45) is 0 Å². The number of anilines is 2. The molecule has 0 aliphatic carbocycles. The highest BCUT2D eigenvalue weighted by Gasteiger charge is 2.08. The van der Waals surface area contributed by atoms with Gasteiger partial charge in [0.15, 0.2) is 16.9 Å². The minimum atomic E-state index is 0.647. The molecule has 0 saturated heterocycles. The summed E-state index contributed by atoms with van der Waals surface area (Å²) >= 11 is 0. The zero-order valence-electron chi connectivity index (χ0n) is 10.3. The Morgan fingerprint density at radius 1 is 1.11 bits per heavy atom. The van der Waals surface area contributed by atoms with Crippen LogP contribution in [0.4, 0.5) is 11.5 Å². The SMILES string of the molecule is Cc1ccc(Nc2noc3cccnc23)cc1C. The quantitative estimate of drug-likeness (QED) is 0.742. The average molecular weight is 239 g/mol. The summed E-state index contributed by atoms with van der Waals surface area (Å²) in [5.41, 5.74) is 4.92.